The molecule has 2 fully saturated rings. The molecule has 3 rings (SSSR count). The number of rotatable bonds is 2. The second-order valence-electron chi connectivity index (χ2n) is 7.17. The summed E-state index contributed by atoms with van der Waals surface area (Å²) in [6, 6.07) is 8.16. The normalized spacial score (nSPS) is 38.0. The maximum Gasteiger partial charge on any atom is 0.118 e. The Morgan fingerprint density at radius 2 is 1.86 bits per heavy atom. The predicted octanol–water partition coefficient (Wildman–Crippen LogP) is 3.57. The summed E-state index contributed by atoms with van der Waals surface area (Å²) in [7, 11) is 1.68. The smallest absolute Gasteiger partial charge is 0.118 e. The maximum atomic E-state index is 10.4. The van der Waals surface area contributed by atoms with Crippen LogP contribution >= 0.6 is 0 Å². The molecule has 2 unspecified atom stereocenters. The molecule has 1 aromatic rings. The van der Waals surface area contributed by atoms with E-state index < -0.39 is 0 Å². The van der Waals surface area contributed by atoms with E-state index >= 15 is 0 Å². The summed E-state index contributed by atoms with van der Waals surface area (Å²) in [5.74, 6) is 1.98. The Morgan fingerprint density at radius 1 is 1.19 bits per heavy atom. The van der Waals surface area contributed by atoms with Crippen LogP contribution in [0.25, 0.3) is 0 Å². The van der Waals surface area contributed by atoms with Gasteiger partial charge in [-0.05, 0) is 62.1 Å². The largest absolute Gasteiger partial charge is 0.497 e. The van der Waals surface area contributed by atoms with Crippen LogP contribution in [0.4, 0.5) is 0 Å². The lowest BCUT2D eigenvalue weighted by molar-refractivity contribution is -0.215. The van der Waals surface area contributed by atoms with E-state index in [2.05, 4.69) is 32.9 Å². The third-order valence-corrected chi connectivity index (χ3v) is 5.61. The van der Waals surface area contributed by atoms with Crippen molar-refractivity contribution in [3.05, 3.63) is 29.8 Å². The minimum atomic E-state index is -0.210. The molecule has 1 N–H and O–H groups in total. The SMILES string of the molecule is COc1ccc([C@@H]2OC(C)(C)C3CC2[C@H](C)[C@@H](O)C3)cc1. The molecule has 21 heavy (non-hydrogen) atoms. The second-order valence-corrected chi connectivity index (χ2v) is 7.17. The Hall–Kier alpha value is -1.06. The molecular formula is C18H26O3. The van der Waals surface area contributed by atoms with Gasteiger partial charge in [0.2, 0.25) is 0 Å². The quantitative estimate of drug-likeness (QED) is 0.905. The van der Waals surface area contributed by atoms with Gasteiger partial charge in [0.1, 0.15) is 5.75 Å². The van der Waals surface area contributed by atoms with Crippen molar-refractivity contribution in [2.75, 3.05) is 7.11 Å². The molecular weight excluding hydrogens is 264 g/mol. The van der Waals surface area contributed by atoms with E-state index in [4.69, 9.17) is 9.47 Å². The number of benzene rings is 1. The molecule has 3 heteroatoms. The summed E-state index contributed by atoms with van der Waals surface area (Å²) in [5, 5.41) is 10.4. The molecule has 1 aromatic carbocycles. The van der Waals surface area contributed by atoms with Gasteiger partial charge < -0.3 is 14.6 Å². The zero-order valence-electron chi connectivity index (χ0n) is 13.4. The molecule has 2 bridgehead atoms. The van der Waals surface area contributed by atoms with E-state index in [9.17, 15) is 5.11 Å². The fourth-order valence-corrected chi connectivity index (χ4v) is 4.02. The van der Waals surface area contributed by atoms with Crippen molar-refractivity contribution in [1.29, 1.82) is 0 Å². The average Bonchev–Trinajstić information content (AvgIpc) is 2.47. The Morgan fingerprint density at radius 3 is 2.48 bits per heavy atom. The zero-order valence-corrected chi connectivity index (χ0v) is 13.4. The predicted molar refractivity (Wildman–Crippen MR) is 82.3 cm³/mol. The fraction of sp³-hybridized carbons (Fsp3) is 0.667. The monoisotopic (exact) mass is 290 g/mol. The van der Waals surface area contributed by atoms with Crippen LogP contribution < -0.4 is 4.74 Å². The molecule has 3 nitrogen and oxygen atoms in total. The van der Waals surface area contributed by atoms with Gasteiger partial charge in [-0.25, -0.2) is 0 Å². The third kappa shape index (κ3) is 2.58. The van der Waals surface area contributed by atoms with Crippen molar-refractivity contribution in [2.24, 2.45) is 17.8 Å². The Balaban J connectivity index is 1.92. The molecule has 1 aliphatic carbocycles. The van der Waals surface area contributed by atoms with Crippen LogP contribution in [0.1, 0.15) is 45.3 Å². The van der Waals surface area contributed by atoms with Crippen molar-refractivity contribution in [2.45, 2.75) is 51.4 Å². The van der Waals surface area contributed by atoms with Crippen LogP contribution in [0.3, 0.4) is 0 Å². The maximum absolute atomic E-state index is 10.4. The first kappa shape index (κ1) is 14.9. The first-order valence-electron chi connectivity index (χ1n) is 7.92. The lowest BCUT2D eigenvalue weighted by Crippen LogP contribution is -2.52. The van der Waals surface area contributed by atoms with Crippen molar-refractivity contribution >= 4 is 0 Å². The van der Waals surface area contributed by atoms with Gasteiger partial charge in [-0.3, -0.25) is 0 Å². The molecule has 1 saturated carbocycles. The highest BCUT2D eigenvalue weighted by molar-refractivity contribution is 5.29. The van der Waals surface area contributed by atoms with Crippen LogP contribution in [0.2, 0.25) is 0 Å². The van der Waals surface area contributed by atoms with Gasteiger partial charge >= 0.3 is 0 Å². The third-order valence-electron chi connectivity index (χ3n) is 5.61. The second kappa shape index (κ2) is 5.29. The van der Waals surface area contributed by atoms with Crippen molar-refractivity contribution in [3.8, 4) is 5.75 Å². The molecule has 0 radical (unpaired) electrons. The van der Waals surface area contributed by atoms with Crippen molar-refractivity contribution in [3.63, 3.8) is 0 Å². The molecule has 1 aliphatic heterocycles. The minimum absolute atomic E-state index is 0.0621. The number of hydrogen-bond acceptors (Lipinski definition) is 3. The van der Waals surface area contributed by atoms with Crippen LogP contribution in [-0.4, -0.2) is 23.9 Å². The van der Waals surface area contributed by atoms with E-state index in [1.807, 2.05) is 12.1 Å². The molecule has 0 amide bonds. The summed E-state index contributed by atoms with van der Waals surface area (Å²) in [5.41, 5.74) is 1.01. The number of aliphatic hydroxyl groups excluding tert-OH is 1. The number of fused-ring (bicyclic) bond motifs is 2. The summed E-state index contributed by atoms with van der Waals surface area (Å²) >= 11 is 0. The zero-order chi connectivity index (χ0) is 15.2. The first-order valence-corrected chi connectivity index (χ1v) is 7.92. The summed E-state index contributed by atoms with van der Waals surface area (Å²) in [4.78, 5) is 0. The Labute approximate surface area is 127 Å². The Bertz CT molecular complexity index is 494. The van der Waals surface area contributed by atoms with Gasteiger partial charge in [0.25, 0.3) is 0 Å². The number of aliphatic hydroxyl groups is 1. The molecule has 1 saturated heterocycles. The van der Waals surface area contributed by atoms with Gasteiger partial charge in [-0.1, -0.05) is 19.1 Å². The molecule has 0 spiro atoms. The summed E-state index contributed by atoms with van der Waals surface area (Å²) in [6.45, 7) is 6.48. The lowest BCUT2D eigenvalue weighted by atomic mass is 9.63. The lowest BCUT2D eigenvalue weighted by Gasteiger charge is -2.53. The number of ether oxygens (including phenoxy) is 2. The minimum Gasteiger partial charge on any atom is -0.497 e. The standard InChI is InChI=1S/C18H26O3/c1-11-15-9-13(10-16(11)19)18(2,3)21-17(15)12-5-7-14(20-4)8-6-12/h5-8,11,13,15-17,19H,9-10H2,1-4H3/t11-,13?,15?,16-,17-/m0/s1. The highest BCUT2D eigenvalue weighted by Gasteiger charge is 2.50. The van der Waals surface area contributed by atoms with Crippen molar-refractivity contribution < 1.29 is 14.6 Å². The summed E-state index contributed by atoms with van der Waals surface area (Å²) in [6.07, 6.45) is 1.85. The average molecular weight is 290 g/mol. The van der Waals surface area contributed by atoms with E-state index in [0.717, 1.165) is 18.6 Å². The molecule has 0 aromatic heterocycles. The molecule has 1 heterocycles. The van der Waals surface area contributed by atoms with E-state index in [1.54, 1.807) is 7.11 Å². The van der Waals surface area contributed by atoms with Gasteiger partial charge in [0.15, 0.2) is 0 Å². The highest BCUT2D eigenvalue weighted by Crippen LogP contribution is 2.53. The van der Waals surface area contributed by atoms with E-state index in [0.29, 0.717) is 11.8 Å². The van der Waals surface area contributed by atoms with Crippen LogP contribution in [-0.2, 0) is 4.74 Å². The summed E-state index contributed by atoms with van der Waals surface area (Å²) < 4.78 is 11.7. The van der Waals surface area contributed by atoms with Crippen molar-refractivity contribution in [1.82, 2.24) is 0 Å². The molecule has 2 aliphatic rings. The van der Waals surface area contributed by atoms with E-state index in [1.165, 1.54) is 5.56 Å². The first-order chi connectivity index (χ1) is 9.92. The highest BCUT2D eigenvalue weighted by atomic mass is 16.5. The van der Waals surface area contributed by atoms with Gasteiger partial charge in [-0.15, -0.1) is 0 Å². The van der Waals surface area contributed by atoms with Gasteiger partial charge in [0.05, 0.1) is 24.9 Å². The van der Waals surface area contributed by atoms with Gasteiger partial charge in [-0.2, -0.15) is 0 Å². The number of methoxy groups -OCH3 is 1. The van der Waals surface area contributed by atoms with Gasteiger partial charge in [0, 0.05) is 0 Å². The topological polar surface area (TPSA) is 38.7 Å². The van der Waals surface area contributed by atoms with Crippen LogP contribution in [0, 0.1) is 17.8 Å². The fourth-order valence-electron chi connectivity index (χ4n) is 4.02. The molecule has 5 atom stereocenters. The van der Waals surface area contributed by atoms with Crippen LogP contribution in [0.5, 0.6) is 5.75 Å². The molecule has 116 valence electrons. The number of hydrogen-bond donors (Lipinski definition) is 1. The van der Waals surface area contributed by atoms with E-state index in [-0.39, 0.29) is 23.7 Å². The van der Waals surface area contributed by atoms with Crippen LogP contribution in [0.15, 0.2) is 24.3 Å². The Kier molecular flexibility index (Phi) is 3.74.